The zero-order chi connectivity index (χ0) is 13.8. The molecule has 2 fully saturated rings. The van der Waals surface area contributed by atoms with Crippen LogP contribution >= 0.6 is 0 Å². The zero-order valence-electron chi connectivity index (χ0n) is 13.6. The van der Waals surface area contributed by atoms with Gasteiger partial charge in [0.1, 0.15) is 0 Å². The Morgan fingerprint density at radius 1 is 0.632 bits per heavy atom. The lowest BCUT2D eigenvalue weighted by Crippen LogP contribution is -2.50. The van der Waals surface area contributed by atoms with Gasteiger partial charge in [-0.05, 0) is 49.4 Å². The molecule has 112 valence electrons. The van der Waals surface area contributed by atoms with Crippen LogP contribution in [-0.2, 0) is 0 Å². The highest BCUT2D eigenvalue weighted by Crippen LogP contribution is 2.34. The third kappa shape index (κ3) is 3.97. The number of rotatable bonds is 4. The van der Waals surface area contributed by atoms with Crippen LogP contribution in [0.4, 0.5) is 0 Å². The van der Waals surface area contributed by atoms with Gasteiger partial charge in [0, 0.05) is 12.1 Å². The van der Waals surface area contributed by atoms with E-state index in [0.717, 1.165) is 35.8 Å². The topological polar surface area (TPSA) is 12.0 Å². The zero-order valence-corrected chi connectivity index (χ0v) is 13.6. The predicted octanol–water partition coefficient (Wildman–Crippen LogP) is 5.01. The van der Waals surface area contributed by atoms with E-state index in [0.29, 0.717) is 0 Å². The first-order valence-corrected chi connectivity index (χ1v) is 8.85. The van der Waals surface area contributed by atoms with Gasteiger partial charge in [-0.25, -0.2) is 0 Å². The van der Waals surface area contributed by atoms with E-state index in [1.165, 1.54) is 51.4 Å². The second-order valence-corrected chi connectivity index (χ2v) is 7.76. The van der Waals surface area contributed by atoms with Crippen molar-refractivity contribution in [3.8, 4) is 0 Å². The molecule has 19 heavy (non-hydrogen) atoms. The Hall–Kier alpha value is -0.0400. The molecule has 0 aromatic rings. The van der Waals surface area contributed by atoms with Gasteiger partial charge in [0.25, 0.3) is 0 Å². The van der Waals surface area contributed by atoms with E-state index >= 15 is 0 Å². The van der Waals surface area contributed by atoms with Crippen molar-refractivity contribution < 1.29 is 0 Å². The van der Waals surface area contributed by atoms with Crippen molar-refractivity contribution in [2.24, 2.45) is 23.7 Å². The van der Waals surface area contributed by atoms with Crippen molar-refractivity contribution in [3.63, 3.8) is 0 Å². The van der Waals surface area contributed by atoms with Crippen LogP contribution < -0.4 is 5.32 Å². The molecule has 0 aromatic carbocycles. The molecule has 1 N–H and O–H groups in total. The molecule has 0 saturated heterocycles. The van der Waals surface area contributed by atoms with Crippen LogP contribution in [0.5, 0.6) is 0 Å². The van der Waals surface area contributed by atoms with Crippen LogP contribution in [0.1, 0.15) is 79.1 Å². The fourth-order valence-corrected chi connectivity index (χ4v) is 4.60. The average Bonchev–Trinajstić information content (AvgIpc) is 2.39. The van der Waals surface area contributed by atoms with Crippen molar-refractivity contribution in [1.29, 1.82) is 0 Å². The minimum absolute atomic E-state index is 0.804. The van der Waals surface area contributed by atoms with Gasteiger partial charge in [-0.15, -0.1) is 0 Å². The second-order valence-electron chi connectivity index (χ2n) is 7.76. The Kier molecular flexibility index (Phi) is 5.74. The molecule has 0 spiro atoms. The lowest BCUT2D eigenvalue weighted by molar-refractivity contribution is 0.137. The maximum absolute atomic E-state index is 4.12. The van der Waals surface area contributed by atoms with Gasteiger partial charge >= 0.3 is 0 Å². The van der Waals surface area contributed by atoms with Gasteiger partial charge in [-0.3, -0.25) is 0 Å². The minimum Gasteiger partial charge on any atom is -0.311 e. The molecule has 0 aliphatic heterocycles. The maximum atomic E-state index is 4.12. The molecule has 2 rings (SSSR count). The quantitative estimate of drug-likeness (QED) is 0.754. The average molecular weight is 265 g/mol. The molecule has 0 radical (unpaired) electrons. The van der Waals surface area contributed by atoms with Crippen LogP contribution in [0.25, 0.3) is 0 Å². The molecular formula is C18H35N. The first kappa shape index (κ1) is 15.4. The monoisotopic (exact) mass is 265 g/mol. The molecule has 0 unspecified atom stereocenters. The highest BCUT2D eigenvalue weighted by atomic mass is 15.0. The molecule has 0 heterocycles. The molecule has 0 aromatic heterocycles. The number of hydrogen-bond acceptors (Lipinski definition) is 1. The van der Waals surface area contributed by atoms with Gasteiger partial charge in [0.2, 0.25) is 0 Å². The normalized spacial score (nSPS) is 36.9. The summed E-state index contributed by atoms with van der Waals surface area (Å²) in [4.78, 5) is 0. The molecule has 4 atom stereocenters. The molecular weight excluding hydrogens is 230 g/mol. The first-order chi connectivity index (χ1) is 9.09. The van der Waals surface area contributed by atoms with Crippen LogP contribution in [-0.4, -0.2) is 12.1 Å². The summed E-state index contributed by atoms with van der Waals surface area (Å²) >= 11 is 0. The minimum atomic E-state index is 0.804. The van der Waals surface area contributed by atoms with Gasteiger partial charge in [0.05, 0.1) is 0 Å². The number of hydrogen-bond donors (Lipinski definition) is 1. The highest BCUT2D eigenvalue weighted by Gasteiger charge is 2.33. The molecule has 2 aliphatic rings. The van der Waals surface area contributed by atoms with E-state index in [1.807, 2.05) is 0 Å². The molecule has 1 heteroatoms. The highest BCUT2D eigenvalue weighted by molar-refractivity contribution is 4.90. The van der Waals surface area contributed by atoms with E-state index in [4.69, 9.17) is 0 Å². The van der Waals surface area contributed by atoms with Gasteiger partial charge in [-0.2, -0.15) is 0 Å². The third-order valence-electron chi connectivity index (χ3n) is 5.78. The standard InChI is InChI=1S/C18H35N/c1-13(2)15-9-5-7-11-17(15)19-18-12-8-6-10-16(18)14(3)4/h13-19H,5-12H2,1-4H3/t15-,16-,17-,18+/m1/s1. The van der Waals surface area contributed by atoms with Crippen LogP contribution in [0.15, 0.2) is 0 Å². The van der Waals surface area contributed by atoms with Gasteiger partial charge < -0.3 is 5.32 Å². The largest absolute Gasteiger partial charge is 0.311 e. The summed E-state index contributed by atoms with van der Waals surface area (Å²) in [5, 5.41) is 4.12. The Bertz CT molecular complexity index is 232. The lowest BCUT2D eigenvalue weighted by atomic mass is 9.74. The summed E-state index contributed by atoms with van der Waals surface area (Å²) < 4.78 is 0. The number of nitrogens with one attached hydrogen (secondary N) is 1. The summed E-state index contributed by atoms with van der Waals surface area (Å²) in [6, 6.07) is 1.61. The van der Waals surface area contributed by atoms with Crippen molar-refractivity contribution in [1.82, 2.24) is 5.32 Å². The van der Waals surface area contributed by atoms with E-state index in [9.17, 15) is 0 Å². The fourth-order valence-electron chi connectivity index (χ4n) is 4.60. The SMILES string of the molecule is CC(C)[C@H]1CCCC[C@@H]1N[C@@H]1CCCC[C@@H]1C(C)C. The van der Waals surface area contributed by atoms with Crippen molar-refractivity contribution in [2.45, 2.75) is 91.1 Å². The Balaban J connectivity index is 1.96. The molecule has 0 bridgehead atoms. The second kappa shape index (κ2) is 7.11. The van der Waals surface area contributed by atoms with E-state index in [1.54, 1.807) is 0 Å². The van der Waals surface area contributed by atoms with Gasteiger partial charge in [0.15, 0.2) is 0 Å². The van der Waals surface area contributed by atoms with Crippen molar-refractivity contribution >= 4 is 0 Å². The predicted molar refractivity (Wildman–Crippen MR) is 84.3 cm³/mol. The van der Waals surface area contributed by atoms with Crippen LogP contribution in [0.3, 0.4) is 0 Å². The Morgan fingerprint density at radius 2 is 1.00 bits per heavy atom. The summed E-state index contributed by atoms with van der Waals surface area (Å²) in [6.07, 6.45) is 11.6. The lowest BCUT2D eigenvalue weighted by Gasteiger charge is -2.42. The molecule has 2 aliphatic carbocycles. The fraction of sp³-hybridized carbons (Fsp3) is 1.00. The molecule has 0 amide bonds. The summed E-state index contributed by atoms with van der Waals surface area (Å²) in [7, 11) is 0. The smallest absolute Gasteiger partial charge is 0.0100 e. The summed E-state index contributed by atoms with van der Waals surface area (Å²) in [6.45, 7) is 9.69. The molecule has 1 nitrogen and oxygen atoms in total. The molecule has 2 saturated carbocycles. The maximum Gasteiger partial charge on any atom is 0.0100 e. The van der Waals surface area contributed by atoms with E-state index in [-0.39, 0.29) is 0 Å². The van der Waals surface area contributed by atoms with Crippen LogP contribution in [0.2, 0.25) is 0 Å². The van der Waals surface area contributed by atoms with E-state index in [2.05, 4.69) is 33.0 Å². The van der Waals surface area contributed by atoms with Crippen LogP contribution in [0, 0.1) is 23.7 Å². The first-order valence-electron chi connectivity index (χ1n) is 8.85. The Morgan fingerprint density at radius 3 is 1.37 bits per heavy atom. The van der Waals surface area contributed by atoms with Crippen molar-refractivity contribution in [2.75, 3.05) is 0 Å². The Labute approximate surface area is 120 Å². The van der Waals surface area contributed by atoms with E-state index < -0.39 is 0 Å². The summed E-state index contributed by atoms with van der Waals surface area (Å²) in [5.41, 5.74) is 0. The summed E-state index contributed by atoms with van der Waals surface area (Å²) in [5.74, 6) is 3.53. The third-order valence-corrected chi connectivity index (χ3v) is 5.78. The van der Waals surface area contributed by atoms with Crippen molar-refractivity contribution in [3.05, 3.63) is 0 Å². The van der Waals surface area contributed by atoms with Gasteiger partial charge in [-0.1, -0.05) is 53.4 Å².